The second-order valence-electron chi connectivity index (χ2n) is 6.64. The van der Waals surface area contributed by atoms with Gasteiger partial charge in [0, 0.05) is 4.70 Å². The molecular formula is C21H22N2O3S. The van der Waals surface area contributed by atoms with Crippen molar-refractivity contribution in [1.82, 2.24) is 10.9 Å². The largest absolute Gasteiger partial charge is 0.483 e. The summed E-state index contributed by atoms with van der Waals surface area (Å²) >= 11 is 1.38. The van der Waals surface area contributed by atoms with Gasteiger partial charge in [-0.1, -0.05) is 44.2 Å². The molecule has 0 spiro atoms. The van der Waals surface area contributed by atoms with Crippen molar-refractivity contribution in [2.24, 2.45) is 0 Å². The zero-order chi connectivity index (χ0) is 19.4. The number of hydrogen-bond donors (Lipinski definition) is 2. The fourth-order valence-electron chi connectivity index (χ4n) is 2.70. The van der Waals surface area contributed by atoms with E-state index in [1.807, 2.05) is 49.4 Å². The molecule has 6 heteroatoms. The van der Waals surface area contributed by atoms with Crippen molar-refractivity contribution in [3.63, 3.8) is 0 Å². The van der Waals surface area contributed by atoms with Gasteiger partial charge in [-0.3, -0.25) is 20.4 Å². The predicted octanol–water partition coefficient (Wildman–Crippen LogP) is 4.17. The van der Waals surface area contributed by atoms with Crippen LogP contribution in [0.4, 0.5) is 0 Å². The second-order valence-corrected chi connectivity index (χ2v) is 7.72. The molecule has 0 aliphatic rings. The first kappa shape index (κ1) is 18.9. The molecule has 0 bridgehead atoms. The first-order valence-electron chi connectivity index (χ1n) is 8.75. The van der Waals surface area contributed by atoms with Gasteiger partial charge in [-0.15, -0.1) is 11.3 Å². The highest BCUT2D eigenvalue weighted by molar-refractivity contribution is 7.20. The third kappa shape index (κ3) is 4.65. The molecule has 140 valence electrons. The molecule has 2 amide bonds. The quantitative estimate of drug-likeness (QED) is 0.651. The van der Waals surface area contributed by atoms with Gasteiger partial charge in [0.05, 0.1) is 4.88 Å². The standard InChI is InChI=1S/C21H22N2O3S/c1-13(2)16-9-8-14(3)10-17(16)26-12-20(24)22-23-21(25)19-11-15-6-4-5-7-18(15)27-19/h4-11,13H,12H2,1-3H3,(H,22,24)(H,23,25). The maximum absolute atomic E-state index is 12.2. The summed E-state index contributed by atoms with van der Waals surface area (Å²) in [6.07, 6.45) is 0. The third-order valence-electron chi connectivity index (χ3n) is 4.11. The Morgan fingerprint density at radius 1 is 1.07 bits per heavy atom. The molecule has 2 aromatic carbocycles. The summed E-state index contributed by atoms with van der Waals surface area (Å²) in [7, 11) is 0. The van der Waals surface area contributed by atoms with Gasteiger partial charge in [0.25, 0.3) is 11.8 Å². The molecule has 27 heavy (non-hydrogen) atoms. The average Bonchev–Trinajstić information content (AvgIpc) is 3.08. The minimum atomic E-state index is -0.416. The highest BCUT2D eigenvalue weighted by atomic mass is 32.1. The summed E-state index contributed by atoms with van der Waals surface area (Å²) in [5.41, 5.74) is 6.95. The van der Waals surface area contributed by atoms with Crippen LogP contribution < -0.4 is 15.6 Å². The smallest absolute Gasteiger partial charge is 0.279 e. The molecule has 1 heterocycles. The Morgan fingerprint density at radius 2 is 1.85 bits per heavy atom. The lowest BCUT2D eigenvalue weighted by molar-refractivity contribution is -0.123. The van der Waals surface area contributed by atoms with Crippen LogP contribution in [0, 0.1) is 6.92 Å². The SMILES string of the molecule is Cc1ccc(C(C)C)c(OCC(=O)NNC(=O)c2cc3ccccc3s2)c1. The Hall–Kier alpha value is -2.86. The van der Waals surface area contributed by atoms with Gasteiger partial charge in [-0.25, -0.2) is 0 Å². The number of fused-ring (bicyclic) bond motifs is 1. The van der Waals surface area contributed by atoms with Crippen LogP contribution in [-0.4, -0.2) is 18.4 Å². The van der Waals surface area contributed by atoms with Crippen molar-refractivity contribution in [3.05, 3.63) is 64.5 Å². The third-order valence-corrected chi connectivity index (χ3v) is 5.23. The Balaban J connectivity index is 1.55. The van der Waals surface area contributed by atoms with Crippen molar-refractivity contribution in [3.8, 4) is 5.75 Å². The van der Waals surface area contributed by atoms with Gasteiger partial charge in [-0.05, 0) is 47.6 Å². The molecule has 0 radical (unpaired) electrons. The van der Waals surface area contributed by atoms with E-state index >= 15 is 0 Å². The van der Waals surface area contributed by atoms with E-state index in [-0.39, 0.29) is 18.4 Å². The zero-order valence-corrected chi connectivity index (χ0v) is 16.4. The molecule has 3 aromatic rings. The highest BCUT2D eigenvalue weighted by Crippen LogP contribution is 2.27. The first-order valence-corrected chi connectivity index (χ1v) is 9.57. The number of carbonyl (C=O) groups is 2. The minimum absolute atomic E-state index is 0.171. The summed E-state index contributed by atoms with van der Waals surface area (Å²) in [5.74, 6) is 0.218. The van der Waals surface area contributed by atoms with Gasteiger partial charge >= 0.3 is 0 Å². The van der Waals surface area contributed by atoms with E-state index in [9.17, 15) is 9.59 Å². The molecule has 0 fully saturated rings. The van der Waals surface area contributed by atoms with E-state index in [4.69, 9.17) is 4.74 Å². The van der Waals surface area contributed by atoms with E-state index in [1.165, 1.54) is 11.3 Å². The molecule has 0 saturated carbocycles. The molecule has 1 aromatic heterocycles. The molecule has 0 saturated heterocycles. The Kier molecular flexibility index (Phi) is 5.76. The number of ether oxygens (including phenoxy) is 1. The topological polar surface area (TPSA) is 67.4 Å². The van der Waals surface area contributed by atoms with E-state index < -0.39 is 5.91 Å². The monoisotopic (exact) mass is 382 g/mol. The molecule has 0 unspecified atom stereocenters. The van der Waals surface area contributed by atoms with Crippen molar-refractivity contribution in [2.75, 3.05) is 6.61 Å². The lowest BCUT2D eigenvalue weighted by Crippen LogP contribution is -2.43. The molecule has 0 aliphatic heterocycles. The second kappa shape index (κ2) is 8.22. The maximum Gasteiger partial charge on any atom is 0.279 e. The van der Waals surface area contributed by atoms with Gasteiger partial charge in [0.1, 0.15) is 5.75 Å². The van der Waals surface area contributed by atoms with E-state index in [2.05, 4.69) is 24.7 Å². The number of thiophene rings is 1. The maximum atomic E-state index is 12.2. The number of amides is 2. The van der Waals surface area contributed by atoms with Crippen LogP contribution in [0.5, 0.6) is 5.75 Å². The molecule has 2 N–H and O–H groups in total. The summed E-state index contributed by atoms with van der Waals surface area (Å²) < 4.78 is 6.69. The Labute approximate surface area is 162 Å². The predicted molar refractivity (Wildman–Crippen MR) is 108 cm³/mol. The van der Waals surface area contributed by atoms with Crippen molar-refractivity contribution >= 4 is 33.2 Å². The fraction of sp³-hybridized carbons (Fsp3) is 0.238. The Morgan fingerprint density at radius 3 is 2.59 bits per heavy atom. The van der Waals surface area contributed by atoms with Crippen LogP contribution in [0.1, 0.15) is 40.6 Å². The molecule has 3 rings (SSSR count). The lowest BCUT2D eigenvalue weighted by Gasteiger charge is -2.15. The van der Waals surface area contributed by atoms with E-state index in [0.717, 1.165) is 21.2 Å². The van der Waals surface area contributed by atoms with E-state index in [0.29, 0.717) is 10.6 Å². The van der Waals surface area contributed by atoms with Gasteiger partial charge < -0.3 is 4.74 Å². The normalized spacial score (nSPS) is 10.8. The van der Waals surface area contributed by atoms with Gasteiger partial charge in [0.15, 0.2) is 6.61 Å². The highest BCUT2D eigenvalue weighted by Gasteiger charge is 2.13. The van der Waals surface area contributed by atoms with Gasteiger partial charge in [0.2, 0.25) is 0 Å². The molecular weight excluding hydrogens is 360 g/mol. The first-order chi connectivity index (χ1) is 12.9. The number of benzene rings is 2. The van der Waals surface area contributed by atoms with Gasteiger partial charge in [-0.2, -0.15) is 0 Å². The van der Waals surface area contributed by atoms with Crippen LogP contribution >= 0.6 is 11.3 Å². The zero-order valence-electron chi connectivity index (χ0n) is 15.5. The molecule has 0 aliphatic carbocycles. The van der Waals surface area contributed by atoms with Crippen LogP contribution in [-0.2, 0) is 4.79 Å². The van der Waals surface area contributed by atoms with Crippen molar-refractivity contribution in [1.29, 1.82) is 0 Å². The number of nitrogens with one attached hydrogen (secondary N) is 2. The lowest BCUT2D eigenvalue weighted by atomic mass is 10.0. The summed E-state index contributed by atoms with van der Waals surface area (Å²) in [4.78, 5) is 24.8. The average molecular weight is 382 g/mol. The molecule has 5 nitrogen and oxygen atoms in total. The van der Waals surface area contributed by atoms with Crippen molar-refractivity contribution < 1.29 is 14.3 Å². The summed E-state index contributed by atoms with van der Waals surface area (Å²) in [6, 6.07) is 15.5. The number of aryl methyl sites for hydroxylation is 1. The fourth-order valence-corrected chi connectivity index (χ4v) is 3.66. The number of rotatable bonds is 5. The van der Waals surface area contributed by atoms with Crippen molar-refractivity contribution in [2.45, 2.75) is 26.7 Å². The van der Waals surface area contributed by atoms with E-state index in [1.54, 1.807) is 6.07 Å². The number of hydrazine groups is 1. The summed E-state index contributed by atoms with van der Waals surface area (Å²) in [5, 5.41) is 1.00. The van der Waals surface area contributed by atoms with Crippen LogP contribution in [0.25, 0.3) is 10.1 Å². The van der Waals surface area contributed by atoms with Crippen LogP contribution in [0.2, 0.25) is 0 Å². The Bertz CT molecular complexity index is 945. The van der Waals surface area contributed by atoms with Crippen LogP contribution in [0.3, 0.4) is 0 Å². The minimum Gasteiger partial charge on any atom is -0.483 e. The molecule has 0 atom stereocenters. The number of carbonyl (C=O) groups excluding carboxylic acids is 2. The summed E-state index contributed by atoms with van der Waals surface area (Å²) in [6.45, 7) is 5.95. The van der Waals surface area contributed by atoms with Crippen LogP contribution in [0.15, 0.2) is 48.5 Å². The number of hydrogen-bond acceptors (Lipinski definition) is 4.